The van der Waals surface area contributed by atoms with Crippen LogP contribution in [0.3, 0.4) is 0 Å². The van der Waals surface area contributed by atoms with E-state index in [0.717, 1.165) is 56.3 Å². The third kappa shape index (κ3) is 4.17. The van der Waals surface area contributed by atoms with Crippen LogP contribution in [0.2, 0.25) is 0 Å². The molecule has 1 aliphatic heterocycles. The molecular weight excluding hydrogens is 362 g/mol. The van der Waals surface area contributed by atoms with Crippen LogP contribution in [0, 0.1) is 23.2 Å². The number of hydrogen-bond acceptors (Lipinski definition) is 4. The fourth-order valence-electron chi connectivity index (χ4n) is 6.80. The second-order valence-electron chi connectivity index (χ2n) is 10.2. The largest absolute Gasteiger partial charge is 0.378 e. The van der Waals surface area contributed by atoms with Crippen molar-refractivity contribution in [3.63, 3.8) is 0 Å². The number of carbonyl (C=O) groups is 1. The lowest BCUT2D eigenvalue weighted by atomic mass is 9.49. The lowest BCUT2D eigenvalue weighted by molar-refractivity contribution is -0.118. The van der Waals surface area contributed by atoms with Crippen LogP contribution in [-0.4, -0.2) is 44.8 Å². The number of morpholine rings is 1. The van der Waals surface area contributed by atoms with Gasteiger partial charge < -0.3 is 20.3 Å². The summed E-state index contributed by atoms with van der Waals surface area (Å²) in [7, 11) is 0. The Balaban J connectivity index is 1.13. The van der Waals surface area contributed by atoms with Crippen LogP contribution < -0.4 is 15.5 Å². The molecule has 1 atom stereocenters. The van der Waals surface area contributed by atoms with Crippen LogP contribution in [0.5, 0.6) is 0 Å². The molecule has 158 valence electrons. The second kappa shape index (κ2) is 7.92. The molecule has 1 aromatic rings. The molecule has 2 N–H and O–H groups in total. The van der Waals surface area contributed by atoms with Crippen LogP contribution in [0.15, 0.2) is 24.3 Å². The number of carbonyl (C=O) groups excluding carboxylic acids is 1. The Labute approximate surface area is 174 Å². The van der Waals surface area contributed by atoms with E-state index in [9.17, 15) is 4.79 Å². The fraction of sp³-hybridized carbons (Fsp3) is 0.708. The van der Waals surface area contributed by atoms with Crippen molar-refractivity contribution in [1.29, 1.82) is 0 Å². The fourth-order valence-corrected chi connectivity index (χ4v) is 6.80. The summed E-state index contributed by atoms with van der Waals surface area (Å²) in [5.41, 5.74) is 2.53. The summed E-state index contributed by atoms with van der Waals surface area (Å²) in [4.78, 5) is 15.0. The number of ether oxygens (including phenoxy) is 1. The number of hydrogen-bond donors (Lipinski definition) is 2. The van der Waals surface area contributed by atoms with Crippen molar-refractivity contribution in [3.8, 4) is 0 Å². The molecule has 0 unspecified atom stereocenters. The number of amides is 1. The van der Waals surface area contributed by atoms with Gasteiger partial charge >= 0.3 is 0 Å². The highest BCUT2D eigenvalue weighted by molar-refractivity contribution is 5.94. The third-order valence-electron chi connectivity index (χ3n) is 7.85. The average molecular weight is 398 g/mol. The monoisotopic (exact) mass is 397 g/mol. The highest BCUT2D eigenvalue weighted by atomic mass is 16.5. The van der Waals surface area contributed by atoms with Crippen LogP contribution in [0.1, 0.15) is 45.4 Å². The van der Waals surface area contributed by atoms with Gasteiger partial charge in [0.15, 0.2) is 0 Å². The Hall–Kier alpha value is -1.59. The number of benzene rings is 1. The summed E-state index contributed by atoms with van der Waals surface area (Å²) in [5, 5.41) is 6.67. The van der Waals surface area contributed by atoms with Crippen molar-refractivity contribution in [3.05, 3.63) is 24.3 Å². The molecule has 5 heteroatoms. The zero-order chi connectivity index (χ0) is 19.8. The van der Waals surface area contributed by atoms with E-state index >= 15 is 0 Å². The van der Waals surface area contributed by atoms with E-state index in [-0.39, 0.29) is 11.9 Å². The molecule has 5 fully saturated rings. The van der Waals surface area contributed by atoms with Gasteiger partial charge in [-0.1, -0.05) is 0 Å². The van der Waals surface area contributed by atoms with Crippen molar-refractivity contribution in [1.82, 2.24) is 5.32 Å². The Kier molecular flexibility index (Phi) is 5.29. The van der Waals surface area contributed by atoms with Gasteiger partial charge in [0.05, 0.1) is 19.3 Å². The molecule has 4 bridgehead atoms. The first-order valence-corrected chi connectivity index (χ1v) is 11.6. The van der Waals surface area contributed by atoms with Gasteiger partial charge in [0.2, 0.25) is 5.91 Å². The minimum Gasteiger partial charge on any atom is -0.378 e. The summed E-state index contributed by atoms with van der Waals surface area (Å²) in [6, 6.07) is 8.04. The molecule has 1 heterocycles. The summed E-state index contributed by atoms with van der Waals surface area (Å²) >= 11 is 0. The molecule has 4 aliphatic carbocycles. The molecule has 0 radical (unpaired) electrons. The van der Waals surface area contributed by atoms with Crippen molar-refractivity contribution >= 4 is 17.3 Å². The van der Waals surface area contributed by atoms with Crippen LogP contribution in [-0.2, 0) is 9.53 Å². The molecule has 4 saturated carbocycles. The standard InChI is InChI=1S/C24H35N3O2/c1-17(25-16-24-13-18-10-19(14-24)12-20(11-18)15-24)23(28)26-21-2-4-22(5-3-21)27-6-8-29-9-7-27/h2-5,17-20,25H,6-16H2,1H3,(H,26,28)/t17-,18?,19?,20?,24?/m0/s1. The van der Waals surface area contributed by atoms with E-state index in [4.69, 9.17) is 4.74 Å². The Bertz CT molecular complexity index is 691. The Morgan fingerprint density at radius 2 is 1.66 bits per heavy atom. The minimum absolute atomic E-state index is 0.0638. The topological polar surface area (TPSA) is 53.6 Å². The Morgan fingerprint density at radius 3 is 2.24 bits per heavy atom. The Morgan fingerprint density at radius 1 is 1.07 bits per heavy atom. The number of rotatable bonds is 6. The molecule has 0 aromatic heterocycles. The summed E-state index contributed by atoms with van der Waals surface area (Å²) < 4.78 is 5.42. The lowest BCUT2D eigenvalue weighted by Gasteiger charge is -2.57. The van der Waals surface area contributed by atoms with E-state index in [1.165, 1.54) is 44.2 Å². The van der Waals surface area contributed by atoms with E-state index in [0.29, 0.717) is 5.41 Å². The van der Waals surface area contributed by atoms with E-state index < -0.39 is 0 Å². The van der Waals surface area contributed by atoms with Gasteiger partial charge in [-0.2, -0.15) is 0 Å². The predicted molar refractivity (Wildman–Crippen MR) is 116 cm³/mol. The molecule has 1 aromatic carbocycles. The van der Waals surface area contributed by atoms with Gasteiger partial charge in [0.1, 0.15) is 0 Å². The lowest BCUT2D eigenvalue weighted by Crippen LogP contribution is -2.52. The smallest absolute Gasteiger partial charge is 0.241 e. The van der Waals surface area contributed by atoms with Crippen LogP contribution >= 0.6 is 0 Å². The molecule has 29 heavy (non-hydrogen) atoms. The van der Waals surface area contributed by atoms with Gasteiger partial charge in [-0.3, -0.25) is 4.79 Å². The quantitative estimate of drug-likeness (QED) is 0.769. The normalized spacial score (nSPS) is 34.2. The van der Waals surface area contributed by atoms with Crippen molar-refractivity contribution in [2.45, 2.75) is 51.5 Å². The van der Waals surface area contributed by atoms with Gasteiger partial charge in [-0.25, -0.2) is 0 Å². The first-order chi connectivity index (χ1) is 14.1. The number of nitrogens with zero attached hydrogens (tertiary/aromatic N) is 1. The third-order valence-corrected chi connectivity index (χ3v) is 7.85. The van der Waals surface area contributed by atoms with E-state index in [1.807, 2.05) is 19.1 Å². The van der Waals surface area contributed by atoms with Crippen molar-refractivity contribution < 1.29 is 9.53 Å². The molecule has 6 rings (SSSR count). The summed E-state index contributed by atoms with van der Waals surface area (Å²) in [6.07, 6.45) is 8.54. The van der Waals surface area contributed by atoms with Crippen molar-refractivity contribution in [2.24, 2.45) is 23.2 Å². The van der Waals surface area contributed by atoms with E-state index in [2.05, 4.69) is 27.7 Å². The summed E-state index contributed by atoms with van der Waals surface area (Å²) in [6.45, 7) is 6.42. The highest BCUT2D eigenvalue weighted by Gasteiger charge is 2.50. The van der Waals surface area contributed by atoms with E-state index in [1.54, 1.807) is 0 Å². The van der Waals surface area contributed by atoms with Gasteiger partial charge in [0, 0.05) is 31.0 Å². The molecule has 5 nitrogen and oxygen atoms in total. The first kappa shape index (κ1) is 19.4. The average Bonchev–Trinajstić information content (AvgIpc) is 2.72. The maximum Gasteiger partial charge on any atom is 0.241 e. The maximum absolute atomic E-state index is 12.7. The number of nitrogens with one attached hydrogen (secondary N) is 2. The van der Waals surface area contributed by atoms with Crippen LogP contribution in [0.25, 0.3) is 0 Å². The SMILES string of the molecule is C[C@H](NCC12CC3CC(CC(C3)C1)C2)C(=O)Nc1ccc(N2CCOCC2)cc1. The molecule has 5 aliphatic rings. The minimum atomic E-state index is -0.165. The van der Waals surface area contributed by atoms with Gasteiger partial charge in [0.25, 0.3) is 0 Å². The zero-order valence-corrected chi connectivity index (χ0v) is 17.7. The first-order valence-electron chi connectivity index (χ1n) is 11.6. The molecule has 0 spiro atoms. The van der Waals surface area contributed by atoms with Crippen LogP contribution in [0.4, 0.5) is 11.4 Å². The molecule has 1 amide bonds. The van der Waals surface area contributed by atoms with Gasteiger partial charge in [-0.05, 0) is 92.9 Å². The zero-order valence-electron chi connectivity index (χ0n) is 17.7. The summed E-state index contributed by atoms with van der Waals surface area (Å²) in [5.74, 6) is 2.93. The second-order valence-corrected chi connectivity index (χ2v) is 10.2. The number of anilines is 2. The molecule has 1 saturated heterocycles. The maximum atomic E-state index is 12.7. The van der Waals surface area contributed by atoms with Crippen molar-refractivity contribution in [2.75, 3.05) is 43.1 Å². The highest BCUT2D eigenvalue weighted by Crippen LogP contribution is 2.59. The molecular formula is C24H35N3O2. The van der Waals surface area contributed by atoms with Gasteiger partial charge in [-0.15, -0.1) is 0 Å². The predicted octanol–water partition coefficient (Wildman–Crippen LogP) is 3.66.